The van der Waals surface area contributed by atoms with Crippen molar-refractivity contribution in [2.24, 2.45) is 4.99 Å². The van der Waals surface area contributed by atoms with E-state index in [0.29, 0.717) is 22.3 Å². The molecular formula is C25H17ClN2O7. The van der Waals surface area contributed by atoms with Crippen molar-refractivity contribution in [1.29, 1.82) is 0 Å². The van der Waals surface area contributed by atoms with Crippen molar-refractivity contribution in [3.8, 4) is 11.5 Å². The van der Waals surface area contributed by atoms with E-state index in [-0.39, 0.29) is 33.8 Å². The van der Waals surface area contributed by atoms with Crippen molar-refractivity contribution in [1.82, 2.24) is 0 Å². The summed E-state index contributed by atoms with van der Waals surface area (Å²) < 4.78 is 16.0. The van der Waals surface area contributed by atoms with Crippen LogP contribution in [0.15, 0.2) is 71.4 Å². The van der Waals surface area contributed by atoms with Gasteiger partial charge in [0.05, 0.1) is 22.6 Å². The number of nitro benzene ring substituents is 1. The maximum atomic E-state index is 12.4. The van der Waals surface area contributed by atoms with Gasteiger partial charge in [0.2, 0.25) is 5.90 Å². The average molecular weight is 493 g/mol. The first kappa shape index (κ1) is 23.7. The van der Waals surface area contributed by atoms with Crippen LogP contribution in [0.3, 0.4) is 0 Å². The number of carbonyl (C=O) groups excluding carboxylic acids is 2. The van der Waals surface area contributed by atoms with E-state index in [9.17, 15) is 19.7 Å². The van der Waals surface area contributed by atoms with Crippen LogP contribution < -0.4 is 9.47 Å². The molecule has 1 aliphatic rings. The van der Waals surface area contributed by atoms with Crippen LogP contribution in [0.4, 0.5) is 5.69 Å². The monoisotopic (exact) mass is 492 g/mol. The van der Waals surface area contributed by atoms with E-state index in [1.807, 2.05) is 0 Å². The molecule has 0 bridgehead atoms. The molecule has 176 valence electrons. The lowest BCUT2D eigenvalue weighted by atomic mass is 10.1. The molecule has 0 aliphatic carbocycles. The third-order valence-corrected chi connectivity index (χ3v) is 5.30. The molecule has 0 aromatic heterocycles. The molecule has 3 aromatic carbocycles. The Labute approximate surface area is 204 Å². The summed E-state index contributed by atoms with van der Waals surface area (Å²) in [6.07, 6.45) is 1.44. The second kappa shape index (κ2) is 9.78. The third kappa shape index (κ3) is 5.04. The second-order valence-corrected chi connectivity index (χ2v) is 7.79. The number of halogens is 1. The van der Waals surface area contributed by atoms with E-state index in [0.717, 1.165) is 0 Å². The number of hydrogen-bond acceptors (Lipinski definition) is 8. The Hall–Kier alpha value is -4.50. The van der Waals surface area contributed by atoms with E-state index in [2.05, 4.69) is 4.99 Å². The summed E-state index contributed by atoms with van der Waals surface area (Å²) in [5.41, 5.74) is 1.55. The van der Waals surface area contributed by atoms with Crippen molar-refractivity contribution in [3.05, 3.63) is 104 Å². The molecule has 0 amide bonds. The number of cyclic esters (lactones) is 1. The predicted molar refractivity (Wildman–Crippen MR) is 128 cm³/mol. The minimum atomic E-state index is -0.703. The highest BCUT2D eigenvalue weighted by Gasteiger charge is 2.26. The van der Waals surface area contributed by atoms with E-state index in [1.165, 1.54) is 43.5 Å². The third-order valence-electron chi connectivity index (χ3n) is 5.02. The first-order valence-electron chi connectivity index (χ1n) is 10.2. The molecule has 0 saturated carbocycles. The van der Waals surface area contributed by atoms with Gasteiger partial charge >= 0.3 is 11.9 Å². The highest BCUT2D eigenvalue weighted by atomic mass is 35.5. The van der Waals surface area contributed by atoms with Gasteiger partial charge in [-0.1, -0.05) is 29.8 Å². The Morgan fingerprint density at radius 3 is 2.54 bits per heavy atom. The molecule has 0 unspecified atom stereocenters. The quantitative estimate of drug-likeness (QED) is 0.154. The molecule has 0 radical (unpaired) electrons. The van der Waals surface area contributed by atoms with Crippen LogP contribution in [0.5, 0.6) is 11.5 Å². The van der Waals surface area contributed by atoms with E-state index < -0.39 is 16.9 Å². The molecule has 0 N–H and O–H groups in total. The molecule has 1 heterocycles. The molecule has 4 rings (SSSR count). The van der Waals surface area contributed by atoms with Crippen LogP contribution in [-0.2, 0) is 9.53 Å². The summed E-state index contributed by atoms with van der Waals surface area (Å²) in [6.45, 7) is 1.58. The molecule has 9 nitrogen and oxygen atoms in total. The summed E-state index contributed by atoms with van der Waals surface area (Å²) in [6, 6.07) is 15.7. The van der Waals surface area contributed by atoms with Gasteiger partial charge in [-0.05, 0) is 55.0 Å². The summed E-state index contributed by atoms with van der Waals surface area (Å²) in [4.78, 5) is 39.6. The number of rotatable bonds is 6. The lowest BCUT2D eigenvalue weighted by Gasteiger charge is -2.12. The number of benzene rings is 3. The molecule has 0 fully saturated rings. The van der Waals surface area contributed by atoms with Crippen LogP contribution >= 0.6 is 11.6 Å². The van der Waals surface area contributed by atoms with E-state index in [1.54, 1.807) is 37.3 Å². The molecule has 1 aliphatic heterocycles. The zero-order valence-electron chi connectivity index (χ0n) is 18.5. The first-order chi connectivity index (χ1) is 16.8. The number of carbonyl (C=O) groups is 2. The number of nitro groups is 1. The molecule has 0 spiro atoms. The number of ether oxygens (including phenoxy) is 3. The number of aryl methyl sites for hydroxylation is 1. The van der Waals surface area contributed by atoms with E-state index in [4.69, 9.17) is 25.8 Å². The highest BCUT2D eigenvalue weighted by molar-refractivity contribution is 6.32. The Balaban J connectivity index is 1.63. The van der Waals surface area contributed by atoms with Gasteiger partial charge in [-0.2, -0.15) is 0 Å². The maximum absolute atomic E-state index is 12.4. The minimum absolute atomic E-state index is 0.0110. The van der Waals surface area contributed by atoms with Crippen LogP contribution in [0.25, 0.3) is 6.08 Å². The van der Waals surface area contributed by atoms with Gasteiger partial charge in [0.25, 0.3) is 5.69 Å². The molecule has 10 heteroatoms. The summed E-state index contributed by atoms with van der Waals surface area (Å²) in [7, 11) is 1.39. The normalized spacial score (nSPS) is 13.9. The van der Waals surface area contributed by atoms with Gasteiger partial charge in [-0.15, -0.1) is 0 Å². The second-order valence-electron chi connectivity index (χ2n) is 7.38. The Bertz CT molecular complexity index is 1410. The molecule has 0 atom stereocenters. The van der Waals surface area contributed by atoms with Crippen molar-refractivity contribution in [2.75, 3.05) is 7.11 Å². The summed E-state index contributed by atoms with van der Waals surface area (Å²) in [5.74, 6) is -1.08. The van der Waals surface area contributed by atoms with Gasteiger partial charge in [-0.25, -0.2) is 14.6 Å². The molecule has 35 heavy (non-hydrogen) atoms. The zero-order chi connectivity index (χ0) is 25.1. The predicted octanol–water partition coefficient (Wildman–Crippen LogP) is 5.13. The maximum Gasteiger partial charge on any atom is 0.363 e. The van der Waals surface area contributed by atoms with Crippen LogP contribution in [0, 0.1) is 17.0 Å². The highest BCUT2D eigenvalue weighted by Crippen LogP contribution is 2.38. The number of methoxy groups -OCH3 is 1. The standard InChI is InChI=1S/C25H17ClN2O7/c1-14-10-17(8-9-20(14)28(31)32)23-27-19(25(30)35-23)12-15-11-18(26)22(21(13-15)33-2)34-24(29)16-6-4-3-5-7-16/h3-13H,1-2H3/b19-12-. The van der Waals surface area contributed by atoms with Gasteiger partial charge in [0.15, 0.2) is 17.2 Å². The van der Waals surface area contributed by atoms with Crippen LogP contribution in [0.2, 0.25) is 5.02 Å². The Kier molecular flexibility index (Phi) is 6.61. The molecule has 0 saturated heterocycles. The minimum Gasteiger partial charge on any atom is -0.493 e. The summed E-state index contributed by atoms with van der Waals surface area (Å²) in [5, 5.41) is 11.1. The number of nitrogens with zero attached hydrogens (tertiary/aromatic N) is 2. The fourth-order valence-electron chi connectivity index (χ4n) is 3.33. The van der Waals surface area contributed by atoms with Gasteiger partial charge in [-0.3, -0.25) is 10.1 Å². The Morgan fingerprint density at radius 2 is 1.89 bits per heavy atom. The van der Waals surface area contributed by atoms with Crippen molar-refractivity contribution < 1.29 is 28.7 Å². The smallest absolute Gasteiger partial charge is 0.363 e. The SMILES string of the molecule is COc1cc(/C=C2\N=C(c3ccc([N+](=O)[O-])c(C)c3)OC2=O)cc(Cl)c1OC(=O)c1ccccc1. The topological polar surface area (TPSA) is 117 Å². The fraction of sp³-hybridized carbons (Fsp3) is 0.0800. The van der Waals surface area contributed by atoms with Gasteiger partial charge in [0.1, 0.15) is 0 Å². The van der Waals surface area contributed by atoms with E-state index >= 15 is 0 Å². The lowest BCUT2D eigenvalue weighted by molar-refractivity contribution is -0.385. The number of aliphatic imine (C=N–C) groups is 1. The summed E-state index contributed by atoms with van der Waals surface area (Å²) >= 11 is 6.36. The Morgan fingerprint density at radius 1 is 1.14 bits per heavy atom. The molecule has 3 aromatic rings. The number of hydrogen-bond donors (Lipinski definition) is 0. The zero-order valence-corrected chi connectivity index (χ0v) is 19.2. The fourth-order valence-corrected chi connectivity index (χ4v) is 3.59. The number of esters is 2. The largest absolute Gasteiger partial charge is 0.493 e. The van der Waals surface area contributed by atoms with Crippen LogP contribution in [0.1, 0.15) is 27.0 Å². The van der Waals surface area contributed by atoms with Gasteiger partial charge < -0.3 is 14.2 Å². The first-order valence-corrected chi connectivity index (χ1v) is 10.6. The van der Waals surface area contributed by atoms with Gasteiger partial charge in [0, 0.05) is 17.2 Å². The van der Waals surface area contributed by atoms with Crippen molar-refractivity contribution in [3.63, 3.8) is 0 Å². The molecular weight excluding hydrogens is 476 g/mol. The van der Waals surface area contributed by atoms with Crippen molar-refractivity contribution >= 4 is 41.2 Å². The van der Waals surface area contributed by atoms with Crippen LogP contribution in [-0.4, -0.2) is 29.9 Å². The van der Waals surface area contributed by atoms with Crippen molar-refractivity contribution in [2.45, 2.75) is 6.92 Å². The lowest BCUT2D eigenvalue weighted by Crippen LogP contribution is -2.09. The average Bonchev–Trinajstić information content (AvgIpc) is 3.20.